The number of nitrogens with zero attached hydrogens (tertiary/aromatic N) is 5. The van der Waals surface area contributed by atoms with Crippen molar-refractivity contribution in [3.63, 3.8) is 0 Å². The number of carbonyl (C=O) groups is 1. The van der Waals surface area contributed by atoms with E-state index in [9.17, 15) is 4.79 Å². The molecule has 0 saturated carbocycles. The highest BCUT2D eigenvalue weighted by molar-refractivity contribution is 6.30. The first-order chi connectivity index (χ1) is 18.3. The molecule has 0 unspecified atom stereocenters. The Hall–Kier alpha value is -3.56. The summed E-state index contributed by atoms with van der Waals surface area (Å²) in [4.78, 5) is 17.7. The minimum absolute atomic E-state index is 0.135. The molecule has 0 amide bonds. The van der Waals surface area contributed by atoms with E-state index in [1.54, 1.807) is 0 Å². The predicted octanol–water partition coefficient (Wildman–Crippen LogP) is 5.15. The van der Waals surface area contributed by atoms with E-state index in [0.717, 1.165) is 47.3 Å². The molecule has 0 aliphatic carbocycles. The Bertz CT molecular complexity index is 1370. The van der Waals surface area contributed by atoms with Gasteiger partial charge in [0.15, 0.2) is 10.7 Å². The standard InChI is InChI=1S/C28H34ClN7O2/c1-5-6-11-23-31-25(29)24(28(30,16-18(2)3)27(37)38-4)36(23)17-19-12-14-20(15-13-19)21-9-7-8-10-22(21)26-32-34-35-33-26/h7-10,12-15,18H,5-6,11,16-17,30H2,1-4H3,(H,32,33,34,35)/t28-/m0/s1. The van der Waals surface area contributed by atoms with Gasteiger partial charge in [0.05, 0.1) is 12.8 Å². The molecule has 2 aromatic carbocycles. The van der Waals surface area contributed by atoms with Crippen molar-refractivity contribution >= 4 is 17.6 Å². The fourth-order valence-electron chi connectivity index (χ4n) is 4.87. The Morgan fingerprint density at radius 2 is 1.87 bits per heavy atom. The zero-order chi connectivity index (χ0) is 27.3. The van der Waals surface area contributed by atoms with E-state index in [2.05, 4.69) is 56.8 Å². The molecule has 2 heterocycles. The maximum absolute atomic E-state index is 13.0. The van der Waals surface area contributed by atoms with Crippen LogP contribution in [0.3, 0.4) is 0 Å². The van der Waals surface area contributed by atoms with Gasteiger partial charge in [-0.3, -0.25) is 0 Å². The summed E-state index contributed by atoms with van der Waals surface area (Å²) in [6.45, 7) is 6.63. The summed E-state index contributed by atoms with van der Waals surface area (Å²) in [7, 11) is 1.35. The molecular formula is C28H34ClN7O2. The van der Waals surface area contributed by atoms with E-state index in [-0.39, 0.29) is 11.1 Å². The largest absolute Gasteiger partial charge is 0.467 e. The average molecular weight is 536 g/mol. The molecule has 200 valence electrons. The molecule has 0 saturated heterocycles. The number of ether oxygens (including phenoxy) is 1. The first-order valence-corrected chi connectivity index (χ1v) is 13.2. The molecule has 1 atom stereocenters. The molecule has 0 aliphatic heterocycles. The van der Waals surface area contributed by atoms with Crippen molar-refractivity contribution in [1.82, 2.24) is 30.2 Å². The fraction of sp³-hybridized carbons (Fsp3) is 0.393. The number of rotatable bonds is 11. The van der Waals surface area contributed by atoms with E-state index >= 15 is 0 Å². The highest BCUT2D eigenvalue weighted by Gasteiger charge is 2.43. The van der Waals surface area contributed by atoms with Crippen LogP contribution in [0.25, 0.3) is 22.5 Å². The second-order valence-corrected chi connectivity index (χ2v) is 10.3. The van der Waals surface area contributed by atoms with Crippen molar-refractivity contribution in [3.8, 4) is 22.5 Å². The van der Waals surface area contributed by atoms with Gasteiger partial charge in [-0.25, -0.2) is 9.78 Å². The number of methoxy groups -OCH3 is 1. The zero-order valence-electron chi connectivity index (χ0n) is 22.2. The van der Waals surface area contributed by atoms with Gasteiger partial charge in [-0.05, 0) is 40.7 Å². The summed E-state index contributed by atoms with van der Waals surface area (Å²) >= 11 is 6.70. The Morgan fingerprint density at radius 1 is 1.16 bits per heavy atom. The van der Waals surface area contributed by atoms with Crippen LogP contribution in [0.15, 0.2) is 48.5 Å². The predicted molar refractivity (Wildman–Crippen MR) is 147 cm³/mol. The number of hydrogen-bond acceptors (Lipinski definition) is 7. The van der Waals surface area contributed by atoms with Gasteiger partial charge >= 0.3 is 5.97 Å². The summed E-state index contributed by atoms with van der Waals surface area (Å²) in [6, 6.07) is 16.2. The lowest BCUT2D eigenvalue weighted by Crippen LogP contribution is -2.48. The minimum atomic E-state index is -1.42. The number of nitrogens with one attached hydrogen (secondary N) is 1. The maximum Gasteiger partial charge on any atom is 0.332 e. The zero-order valence-corrected chi connectivity index (χ0v) is 23.0. The number of esters is 1. The van der Waals surface area contributed by atoms with E-state index in [1.165, 1.54) is 7.11 Å². The Labute approximate surface area is 227 Å². The first kappa shape index (κ1) is 27.5. The fourth-order valence-corrected chi connectivity index (χ4v) is 5.24. The van der Waals surface area contributed by atoms with Crippen LogP contribution >= 0.6 is 11.6 Å². The smallest absolute Gasteiger partial charge is 0.332 e. The van der Waals surface area contributed by atoms with Gasteiger partial charge in [-0.1, -0.05) is 87.3 Å². The number of carbonyl (C=O) groups excluding carboxylic acids is 1. The number of nitrogens with two attached hydrogens (primary N) is 1. The lowest BCUT2D eigenvalue weighted by Gasteiger charge is -2.30. The number of benzene rings is 2. The van der Waals surface area contributed by atoms with Gasteiger partial charge in [0.25, 0.3) is 0 Å². The number of aromatic amines is 1. The van der Waals surface area contributed by atoms with Crippen LogP contribution in [-0.2, 0) is 28.0 Å². The molecule has 3 N–H and O–H groups in total. The monoisotopic (exact) mass is 535 g/mol. The SMILES string of the molecule is CCCCc1nc(Cl)c([C@@](N)(CC(C)C)C(=O)OC)n1Cc1ccc(-c2ccccc2-c2nn[nH]n2)cc1. The number of unbranched alkanes of at least 4 members (excludes halogenated alkanes) is 1. The Morgan fingerprint density at radius 3 is 2.47 bits per heavy atom. The summed E-state index contributed by atoms with van der Waals surface area (Å²) in [6.07, 6.45) is 3.05. The van der Waals surface area contributed by atoms with Crippen LogP contribution in [0, 0.1) is 5.92 Å². The van der Waals surface area contributed by atoms with Gasteiger partial charge in [0.1, 0.15) is 5.82 Å². The number of aromatic nitrogens is 6. The molecule has 0 bridgehead atoms. The summed E-state index contributed by atoms with van der Waals surface area (Å²) in [5.74, 6) is 0.955. The van der Waals surface area contributed by atoms with Crippen LogP contribution < -0.4 is 5.73 Å². The van der Waals surface area contributed by atoms with Crippen molar-refractivity contribution in [2.75, 3.05) is 7.11 Å². The lowest BCUT2D eigenvalue weighted by atomic mass is 9.86. The molecule has 0 fully saturated rings. The van der Waals surface area contributed by atoms with Crippen molar-refractivity contribution < 1.29 is 9.53 Å². The van der Waals surface area contributed by atoms with Gasteiger partial charge in [0.2, 0.25) is 5.82 Å². The quantitative estimate of drug-likeness (QED) is 0.254. The van der Waals surface area contributed by atoms with Gasteiger partial charge in [0, 0.05) is 18.5 Å². The van der Waals surface area contributed by atoms with Crippen LogP contribution in [0.2, 0.25) is 5.15 Å². The maximum atomic E-state index is 13.0. The van der Waals surface area contributed by atoms with Crippen LogP contribution in [0.1, 0.15) is 57.1 Å². The molecule has 4 rings (SSSR count). The Kier molecular flexibility index (Phi) is 8.58. The molecular weight excluding hydrogens is 502 g/mol. The second kappa shape index (κ2) is 11.9. The highest BCUT2D eigenvalue weighted by Crippen LogP contribution is 2.35. The molecule has 0 aliphatic rings. The van der Waals surface area contributed by atoms with E-state index in [0.29, 0.717) is 24.5 Å². The molecule has 0 radical (unpaired) electrons. The van der Waals surface area contributed by atoms with E-state index in [4.69, 9.17) is 22.1 Å². The van der Waals surface area contributed by atoms with Gasteiger partial charge < -0.3 is 15.0 Å². The van der Waals surface area contributed by atoms with Gasteiger partial charge in [-0.15, -0.1) is 10.2 Å². The first-order valence-electron chi connectivity index (χ1n) is 12.8. The average Bonchev–Trinajstić information content (AvgIpc) is 3.55. The molecule has 38 heavy (non-hydrogen) atoms. The summed E-state index contributed by atoms with van der Waals surface area (Å²) in [5, 5.41) is 14.7. The molecule has 4 aromatic rings. The number of H-pyrrole nitrogens is 1. The third kappa shape index (κ3) is 5.63. The number of tetrazole rings is 1. The lowest BCUT2D eigenvalue weighted by molar-refractivity contribution is -0.148. The number of halogens is 1. The molecule has 2 aromatic heterocycles. The topological polar surface area (TPSA) is 125 Å². The van der Waals surface area contributed by atoms with Crippen molar-refractivity contribution in [3.05, 3.63) is 70.8 Å². The second-order valence-electron chi connectivity index (χ2n) is 9.90. The normalized spacial score (nSPS) is 13.0. The minimum Gasteiger partial charge on any atom is -0.467 e. The third-order valence-corrected chi connectivity index (χ3v) is 6.84. The van der Waals surface area contributed by atoms with Crippen molar-refractivity contribution in [1.29, 1.82) is 0 Å². The van der Waals surface area contributed by atoms with Gasteiger partial charge in [-0.2, -0.15) is 5.21 Å². The van der Waals surface area contributed by atoms with Crippen LogP contribution in [0.4, 0.5) is 0 Å². The molecule has 9 nitrogen and oxygen atoms in total. The van der Waals surface area contributed by atoms with Crippen molar-refractivity contribution in [2.45, 2.75) is 58.5 Å². The number of aryl methyl sites for hydroxylation is 1. The summed E-state index contributed by atoms with van der Waals surface area (Å²) in [5.41, 5.74) is 9.81. The van der Waals surface area contributed by atoms with E-state index < -0.39 is 11.5 Å². The van der Waals surface area contributed by atoms with Crippen LogP contribution in [-0.4, -0.2) is 43.3 Å². The van der Waals surface area contributed by atoms with E-state index in [1.807, 2.05) is 42.7 Å². The third-order valence-electron chi connectivity index (χ3n) is 6.58. The molecule has 0 spiro atoms. The summed E-state index contributed by atoms with van der Waals surface area (Å²) < 4.78 is 7.15. The number of hydrogen-bond donors (Lipinski definition) is 2. The Balaban J connectivity index is 1.73. The number of imidazole rings is 1. The van der Waals surface area contributed by atoms with Crippen LogP contribution in [0.5, 0.6) is 0 Å². The highest BCUT2D eigenvalue weighted by atomic mass is 35.5. The van der Waals surface area contributed by atoms with Crippen molar-refractivity contribution in [2.24, 2.45) is 11.7 Å². The molecule has 10 heteroatoms.